The molecule has 1 heterocycles. The van der Waals surface area contributed by atoms with Crippen molar-refractivity contribution in [1.29, 1.82) is 0 Å². The zero-order valence-electron chi connectivity index (χ0n) is 17.4. The summed E-state index contributed by atoms with van der Waals surface area (Å²) in [7, 11) is 1.61. The fourth-order valence-corrected chi connectivity index (χ4v) is 3.86. The Bertz CT molecular complexity index is 1250. The van der Waals surface area contributed by atoms with Crippen LogP contribution in [0.2, 0.25) is 10.0 Å². The van der Waals surface area contributed by atoms with Crippen LogP contribution in [0.3, 0.4) is 0 Å². The Labute approximate surface area is 195 Å². The minimum absolute atomic E-state index is 0.196. The summed E-state index contributed by atoms with van der Waals surface area (Å²) in [6, 6.07) is 10.1. The number of H-pyrrole nitrogens is 1. The molecule has 3 rings (SSSR count). The number of methoxy groups -OCH3 is 1. The average Bonchev–Trinajstić information content (AvgIpc) is 2.71. The minimum atomic E-state index is -0.697. The lowest BCUT2D eigenvalue weighted by molar-refractivity contribution is 0.0912. The van der Waals surface area contributed by atoms with E-state index in [0.29, 0.717) is 50.9 Å². The molecule has 2 aromatic carbocycles. The van der Waals surface area contributed by atoms with Gasteiger partial charge >= 0.3 is 0 Å². The highest BCUT2D eigenvalue weighted by Gasteiger charge is 2.24. The van der Waals surface area contributed by atoms with Crippen LogP contribution in [-0.2, 0) is 16.8 Å². The van der Waals surface area contributed by atoms with E-state index in [-0.39, 0.29) is 11.5 Å². The third-order valence-corrected chi connectivity index (χ3v) is 6.10. The van der Waals surface area contributed by atoms with Crippen molar-refractivity contribution in [1.82, 2.24) is 14.9 Å². The smallest absolute Gasteiger partial charge is 0.262 e. The molecule has 9 heteroatoms. The number of ether oxygens (including phenoxy) is 1. The molecule has 1 aromatic heterocycles. The maximum Gasteiger partial charge on any atom is 0.262 e. The van der Waals surface area contributed by atoms with Gasteiger partial charge in [-0.25, -0.2) is 0 Å². The molecule has 164 valence electrons. The monoisotopic (exact) mass is 479 g/mol. The average molecular weight is 480 g/mol. The van der Waals surface area contributed by atoms with Gasteiger partial charge in [0.1, 0.15) is 0 Å². The molecule has 2 N–H and O–H groups in total. The molecular weight excluding hydrogens is 457 g/mol. The van der Waals surface area contributed by atoms with E-state index in [0.717, 1.165) is 5.56 Å². The van der Waals surface area contributed by atoms with Gasteiger partial charge in [0.05, 0.1) is 26.5 Å². The molecule has 0 aliphatic rings. The van der Waals surface area contributed by atoms with E-state index in [1.165, 1.54) is 4.57 Å². The molecule has 0 atom stereocenters. The number of benzene rings is 2. The number of nitrogens with one attached hydrogen (secondary N) is 2. The lowest BCUT2D eigenvalue weighted by atomic mass is 9.94. The van der Waals surface area contributed by atoms with Crippen LogP contribution in [0.4, 0.5) is 0 Å². The number of nitrogens with zero attached hydrogens (tertiary/aromatic N) is 1. The quantitative estimate of drug-likeness (QED) is 0.366. The zero-order chi connectivity index (χ0) is 22.8. The summed E-state index contributed by atoms with van der Waals surface area (Å²) in [5.41, 5.74) is 0.839. The largest absolute Gasteiger partial charge is 0.385 e. The van der Waals surface area contributed by atoms with Gasteiger partial charge in [0.2, 0.25) is 0 Å². The summed E-state index contributed by atoms with van der Waals surface area (Å²) in [5.74, 6) is -0.290. The van der Waals surface area contributed by atoms with Gasteiger partial charge in [-0.3, -0.25) is 14.2 Å². The predicted molar refractivity (Wildman–Crippen MR) is 127 cm³/mol. The Morgan fingerprint density at radius 2 is 1.94 bits per heavy atom. The van der Waals surface area contributed by atoms with E-state index in [2.05, 4.69) is 10.3 Å². The Morgan fingerprint density at radius 1 is 1.19 bits per heavy atom. The van der Waals surface area contributed by atoms with Crippen LogP contribution in [0.15, 0.2) is 41.2 Å². The van der Waals surface area contributed by atoms with E-state index in [1.807, 2.05) is 19.9 Å². The Hall–Kier alpha value is -2.19. The molecule has 0 fully saturated rings. The first-order valence-electron chi connectivity index (χ1n) is 9.68. The number of carbonyl (C=O) groups is 1. The van der Waals surface area contributed by atoms with E-state index >= 15 is 0 Å². The number of aromatic amines is 1. The summed E-state index contributed by atoms with van der Waals surface area (Å²) in [6.07, 6.45) is 0.670. The standard InChI is InChI=1S/C22H23Cl2N3O3S/c1-22(2,14-6-8-16(23)17(24)12-14)26-19(28)13-5-7-15-18(11-13)25-21(31)27(20(15)29)9-4-10-30-3/h5-8,11-12H,4,9-10H2,1-3H3,(H,25,31)(H,26,28). The van der Waals surface area contributed by atoms with Crippen molar-refractivity contribution in [2.45, 2.75) is 32.4 Å². The van der Waals surface area contributed by atoms with Crippen LogP contribution >= 0.6 is 35.4 Å². The molecule has 0 saturated carbocycles. The summed E-state index contributed by atoms with van der Waals surface area (Å²) in [5, 5.41) is 4.33. The van der Waals surface area contributed by atoms with Crippen LogP contribution in [-0.4, -0.2) is 29.2 Å². The summed E-state index contributed by atoms with van der Waals surface area (Å²) < 4.78 is 6.85. The molecule has 0 saturated heterocycles. The maximum absolute atomic E-state index is 12.9. The van der Waals surface area contributed by atoms with Crippen LogP contribution in [0.25, 0.3) is 10.9 Å². The molecule has 6 nitrogen and oxygen atoms in total. The van der Waals surface area contributed by atoms with Gasteiger partial charge in [-0.2, -0.15) is 0 Å². The number of hydrogen-bond acceptors (Lipinski definition) is 4. The van der Waals surface area contributed by atoms with E-state index < -0.39 is 5.54 Å². The molecule has 0 radical (unpaired) electrons. The first-order valence-corrected chi connectivity index (χ1v) is 10.8. The molecule has 1 amide bonds. The molecule has 0 aliphatic carbocycles. The number of amides is 1. The van der Waals surface area contributed by atoms with Crippen LogP contribution in [0.1, 0.15) is 36.2 Å². The van der Waals surface area contributed by atoms with Crippen molar-refractivity contribution in [3.05, 3.63) is 72.7 Å². The van der Waals surface area contributed by atoms with Crippen molar-refractivity contribution < 1.29 is 9.53 Å². The number of halogens is 2. The third-order valence-electron chi connectivity index (χ3n) is 5.04. The maximum atomic E-state index is 12.9. The van der Waals surface area contributed by atoms with Gasteiger partial charge in [-0.15, -0.1) is 0 Å². The van der Waals surface area contributed by atoms with Crippen molar-refractivity contribution in [3.8, 4) is 0 Å². The second-order valence-electron chi connectivity index (χ2n) is 7.70. The van der Waals surface area contributed by atoms with E-state index in [4.69, 9.17) is 40.2 Å². The highest BCUT2D eigenvalue weighted by atomic mass is 35.5. The van der Waals surface area contributed by atoms with Crippen LogP contribution in [0, 0.1) is 4.77 Å². The summed E-state index contributed by atoms with van der Waals surface area (Å²) in [6.45, 7) is 4.74. The second-order valence-corrected chi connectivity index (χ2v) is 8.90. The molecular formula is C22H23Cl2N3O3S. The molecule has 0 aliphatic heterocycles. The first kappa shape index (κ1) is 23.5. The van der Waals surface area contributed by atoms with Crippen molar-refractivity contribution >= 4 is 52.2 Å². The molecule has 3 aromatic rings. The number of fused-ring (bicyclic) bond motifs is 1. The summed E-state index contributed by atoms with van der Waals surface area (Å²) >= 11 is 17.5. The van der Waals surface area contributed by atoms with Gasteiger partial charge in [0.15, 0.2) is 4.77 Å². The Balaban J connectivity index is 1.89. The Kier molecular flexibility index (Phi) is 7.21. The van der Waals surface area contributed by atoms with Gasteiger partial charge in [-0.1, -0.05) is 29.3 Å². The number of aromatic nitrogens is 2. The minimum Gasteiger partial charge on any atom is -0.385 e. The Morgan fingerprint density at radius 3 is 2.61 bits per heavy atom. The van der Waals surface area contributed by atoms with Gasteiger partial charge < -0.3 is 15.0 Å². The van der Waals surface area contributed by atoms with Crippen molar-refractivity contribution in [2.24, 2.45) is 0 Å². The second kappa shape index (κ2) is 9.53. The highest BCUT2D eigenvalue weighted by molar-refractivity contribution is 7.71. The van der Waals surface area contributed by atoms with Gasteiger partial charge in [-0.05, 0) is 68.4 Å². The lowest BCUT2D eigenvalue weighted by Gasteiger charge is -2.27. The first-order chi connectivity index (χ1) is 14.6. The zero-order valence-corrected chi connectivity index (χ0v) is 19.7. The fraction of sp³-hybridized carbons (Fsp3) is 0.318. The van der Waals surface area contributed by atoms with Gasteiger partial charge in [0.25, 0.3) is 11.5 Å². The number of hydrogen-bond donors (Lipinski definition) is 2. The van der Waals surface area contributed by atoms with Crippen LogP contribution < -0.4 is 10.9 Å². The molecule has 0 spiro atoms. The number of carbonyl (C=O) groups excluding carboxylic acids is 1. The van der Waals surface area contributed by atoms with Crippen LogP contribution in [0.5, 0.6) is 0 Å². The summed E-state index contributed by atoms with van der Waals surface area (Å²) in [4.78, 5) is 28.8. The molecule has 31 heavy (non-hydrogen) atoms. The SMILES string of the molecule is COCCCn1c(=S)[nH]c2cc(C(=O)NC(C)(C)c3ccc(Cl)c(Cl)c3)ccc2c1=O. The van der Waals surface area contributed by atoms with Crippen molar-refractivity contribution in [2.75, 3.05) is 13.7 Å². The van der Waals surface area contributed by atoms with Crippen molar-refractivity contribution in [3.63, 3.8) is 0 Å². The fourth-order valence-electron chi connectivity index (χ4n) is 3.28. The van der Waals surface area contributed by atoms with E-state index in [1.54, 1.807) is 37.4 Å². The normalized spacial score (nSPS) is 11.6. The molecule has 0 unspecified atom stereocenters. The lowest BCUT2D eigenvalue weighted by Crippen LogP contribution is -2.41. The number of rotatable bonds is 7. The predicted octanol–water partition coefficient (Wildman–Crippen LogP) is 5.07. The van der Waals surface area contributed by atoms with E-state index in [9.17, 15) is 9.59 Å². The highest BCUT2D eigenvalue weighted by Crippen LogP contribution is 2.28. The topological polar surface area (TPSA) is 76.1 Å². The third kappa shape index (κ3) is 5.18. The van der Waals surface area contributed by atoms with Gasteiger partial charge in [0, 0.05) is 25.8 Å². The molecule has 0 bridgehead atoms.